The summed E-state index contributed by atoms with van der Waals surface area (Å²) >= 11 is 0. The number of piperazine rings is 1. The number of fused-ring (bicyclic) bond motifs is 1. The van der Waals surface area contributed by atoms with E-state index in [2.05, 4.69) is 65.2 Å². The maximum Gasteiger partial charge on any atom is 0.490 e. The van der Waals surface area contributed by atoms with Gasteiger partial charge in [-0.1, -0.05) is 35.4 Å². The highest BCUT2D eigenvalue weighted by Crippen LogP contribution is 2.26. The van der Waals surface area contributed by atoms with E-state index in [0.717, 1.165) is 24.5 Å². The van der Waals surface area contributed by atoms with E-state index in [1.165, 1.54) is 16.8 Å². The smallest absolute Gasteiger partial charge is 0.475 e. The minimum Gasteiger partial charge on any atom is -0.475 e. The summed E-state index contributed by atoms with van der Waals surface area (Å²) in [4.78, 5) is 35.9. The lowest BCUT2D eigenvalue weighted by molar-refractivity contribution is -0.192. The average molecular weight is 592 g/mol. The Morgan fingerprint density at radius 3 is 2.00 bits per heavy atom. The molecule has 1 aliphatic rings. The third-order valence-corrected chi connectivity index (χ3v) is 7.01. The summed E-state index contributed by atoms with van der Waals surface area (Å²) in [7, 11) is 0. The number of anilines is 1. The number of nitrogens with zero attached hydrogens (tertiary/aromatic N) is 7. The molecular weight excluding hydrogens is 563 g/mol. The number of aryl methyl sites for hydroxylation is 2. The maximum absolute atomic E-state index is 13.7. The van der Waals surface area contributed by atoms with Crippen molar-refractivity contribution in [2.75, 3.05) is 31.1 Å². The molecule has 2 aromatic carbocycles. The summed E-state index contributed by atoms with van der Waals surface area (Å²) in [5.74, 6) is -2.17. The first-order valence-corrected chi connectivity index (χ1v) is 13.4. The largest absolute Gasteiger partial charge is 0.490 e. The van der Waals surface area contributed by atoms with Crippen LogP contribution in [0.2, 0.25) is 0 Å². The fourth-order valence-electron chi connectivity index (χ4n) is 4.71. The van der Waals surface area contributed by atoms with Gasteiger partial charge >= 0.3 is 12.1 Å². The molecule has 0 aliphatic carbocycles. The van der Waals surface area contributed by atoms with Crippen molar-refractivity contribution in [3.8, 4) is 17.2 Å². The fourth-order valence-corrected chi connectivity index (χ4v) is 4.71. The molecule has 13 heteroatoms. The van der Waals surface area contributed by atoms with Gasteiger partial charge in [0.1, 0.15) is 5.69 Å². The van der Waals surface area contributed by atoms with Gasteiger partial charge in [-0.3, -0.25) is 14.2 Å². The molecule has 1 aliphatic heterocycles. The second-order valence-electron chi connectivity index (χ2n) is 10.00. The molecule has 1 amide bonds. The predicted molar refractivity (Wildman–Crippen MR) is 153 cm³/mol. The first kappa shape index (κ1) is 29.3. The highest BCUT2D eigenvalue weighted by atomic mass is 19.4. The van der Waals surface area contributed by atoms with Gasteiger partial charge in [-0.25, -0.2) is 14.5 Å². The monoisotopic (exact) mass is 591 g/mol. The number of amides is 1. The molecule has 5 aromatic rings. The number of aromatic nitrogens is 5. The van der Waals surface area contributed by atoms with Crippen LogP contribution in [0.3, 0.4) is 0 Å². The zero-order chi connectivity index (χ0) is 30.7. The highest BCUT2D eigenvalue weighted by molar-refractivity contribution is 6.00. The summed E-state index contributed by atoms with van der Waals surface area (Å²) in [6.45, 7) is 7.00. The molecule has 6 rings (SSSR count). The molecule has 0 saturated carbocycles. The Morgan fingerprint density at radius 2 is 1.42 bits per heavy atom. The number of carbonyl (C=O) groups excluding carboxylic acids is 1. The molecule has 0 atom stereocenters. The number of benzene rings is 2. The van der Waals surface area contributed by atoms with Gasteiger partial charge in [0, 0.05) is 44.3 Å². The number of aliphatic carboxylic acids is 1. The standard InChI is InChI=1S/C28H27N7O.C2HF3O2/c1-20-3-7-22(8-4-20)32-15-17-33(18-16-32)28(36)26-25-19-29-13-14-34(25)27(31-26)24-11-12-30-35(24)23-9-5-21(2)6-10-23;3-2(4,5)1(6)7/h3-14,19H,15-18H2,1-2H3;(H,6,7). The van der Waals surface area contributed by atoms with E-state index in [1.54, 1.807) is 18.6 Å². The summed E-state index contributed by atoms with van der Waals surface area (Å²) in [6.07, 6.45) is 1.93. The van der Waals surface area contributed by atoms with Crippen LogP contribution >= 0.6 is 0 Å². The van der Waals surface area contributed by atoms with E-state index in [4.69, 9.17) is 14.9 Å². The van der Waals surface area contributed by atoms with Crippen molar-refractivity contribution in [1.82, 2.24) is 29.0 Å². The van der Waals surface area contributed by atoms with Crippen molar-refractivity contribution < 1.29 is 27.9 Å². The second kappa shape index (κ2) is 12.0. The molecular formula is C30H28F3N7O3. The Balaban J connectivity index is 0.000000472. The lowest BCUT2D eigenvalue weighted by Crippen LogP contribution is -2.49. The molecule has 4 heterocycles. The first-order chi connectivity index (χ1) is 20.5. The van der Waals surface area contributed by atoms with Crippen molar-refractivity contribution in [2.24, 2.45) is 0 Å². The number of carboxylic acid groups (broad SMARTS) is 1. The van der Waals surface area contributed by atoms with Crippen molar-refractivity contribution >= 4 is 23.1 Å². The number of carbonyl (C=O) groups is 2. The van der Waals surface area contributed by atoms with Gasteiger partial charge in [0.2, 0.25) is 0 Å². The van der Waals surface area contributed by atoms with Crippen LogP contribution in [-0.4, -0.2) is 78.4 Å². The Morgan fingerprint density at radius 1 is 0.837 bits per heavy atom. The van der Waals surface area contributed by atoms with Crippen LogP contribution in [0.5, 0.6) is 0 Å². The van der Waals surface area contributed by atoms with E-state index >= 15 is 0 Å². The number of hydrogen-bond acceptors (Lipinski definition) is 6. The van der Waals surface area contributed by atoms with Crippen LogP contribution in [0.15, 0.2) is 79.4 Å². The van der Waals surface area contributed by atoms with Crippen LogP contribution in [0.1, 0.15) is 21.6 Å². The average Bonchev–Trinajstić information content (AvgIpc) is 3.63. The van der Waals surface area contributed by atoms with Crippen LogP contribution in [0.25, 0.3) is 22.7 Å². The van der Waals surface area contributed by atoms with Gasteiger partial charge in [-0.15, -0.1) is 0 Å². The Labute approximate surface area is 244 Å². The van der Waals surface area contributed by atoms with Gasteiger partial charge in [-0.05, 0) is 44.2 Å². The molecule has 0 spiro atoms. The van der Waals surface area contributed by atoms with Crippen LogP contribution in [0, 0.1) is 13.8 Å². The highest BCUT2D eigenvalue weighted by Gasteiger charge is 2.38. The molecule has 43 heavy (non-hydrogen) atoms. The van der Waals surface area contributed by atoms with Gasteiger partial charge in [0.25, 0.3) is 5.91 Å². The lowest BCUT2D eigenvalue weighted by atomic mass is 10.2. The van der Waals surface area contributed by atoms with Crippen molar-refractivity contribution in [3.63, 3.8) is 0 Å². The Hall–Kier alpha value is -5.20. The van der Waals surface area contributed by atoms with E-state index in [-0.39, 0.29) is 5.91 Å². The Kier molecular flexibility index (Phi) is 8.15. The van der Waals surface area contributed by atoms with Gasteiger partial charge in [-0.2, -0.15) is 18.3 Å². The predicted octanol–water partition coefficient (Wildman–Crippen LogP) is 4.79. The second-order valence-corrected chi connectivity index (χ2v) is 10.00. The van der Waals surface area contributed by atoms with Crippen molar-refractivity contribution in [3.05, 3.63) is 96.2 Å². The first-order valence-electron chi connectivity index (χ1n) is 13.4. The number of hydrogen-bond donors (Lipinski definition) is 1. The van der Waals surface area contributed by atoms with E-state index in [1.807, 2.05) is 38.4 Å². The minimum absolute atomic E-state index is 0.0725. The summed E-state index contributed by atoms with van der Waals surface area (Å²) in [5, 5.41) is 11.7. The number of imidazole rings is 1. The number of carboxylic acids is 1. The normalized spacial score (nSPS) is 13.5. The van der Waals surface area contributed by atoms with Gasteiger partial charge in [0.05, 0.1) is 23.6 Å². The maximum atomic E-state index is 13.7. The summed E-state index contributed by atoms with van der Waals surface area (Å²) in [5.41, 5.74) is 6.46. The van der Waals surface area contributed by atoms with E-state index < -0.39 is 12.1 Å². The van der Waals surface area contributed by atoms with Crippen molar-refractivity contribution in [1.29, 1.82) is 0 Å². The third-order valence-electron chi connectivity index (χ3n) is 7.01. The number of alkyl halides is 3. The van der Waals surface area contributed by atoms with Crippen LogP contribution in [-0.2, 0) is 4.79 Å². The zero-order valence-corrected chi connectivity index (χ0v) is 23.4. The molecule has 0 radical (unpaired) electrons. The molecule has 1 N–H and O–H groups in total. The summed E-state index contributed by atoms with van der Waals surface area (Å²) in [6, 6.07) is 18.6. The quantitative estimate of drug-likeness (QED) is 0.320. The lowest BCUT2D eigenvalue weighted by Gasteiger charge is -2.36. The van der Waals surface area contributed by atoms with Crippen LogP contribution < -0.4 is 4.90 Å². The topological polar surface area (TPSA) is 109 Å². The molecule has 3 aromatic heterocycles. The third kappa shape index (κ3) is 6.35. The Bertz CT molecular complexity index is 1740. The van der Waals surface area contributed by atoms with E-state index in [9.17, 15) is 18.0 Å². The number of halogens is 3. The van der Waals surface area contributed by atoms with Crippen molar-refractivity contribution in [2.45, 2.75) is 20.0 Å². The molecule has 1 saturated heterocycles. The SMILES string of the molecule is Cc1ccc(N2CCN(C(=O)c3nc(-c4ccnn4-c4ccc(C)cc4)n4ccncc34)CC2)cc1.O=C(O)C(F)(F)F. The molecule has 222 valence electrons. The minimum atomic E-state index is -5.08. The van der Waals surface area contributed by atoms with Crippen LogP contribution in [0.4, 0.5) is 18.9 Å². The van der Waals surface area contributed by atoms with Gasteiger partial charge in [0.15, 0.2) is 11.5 Å². The molecule has 10 nitrogen and oxygen atoms in total. The number of rotatable bonds is 4. The van der Waals surface area contributed by atoms with E-state index in [0.29, 0.717) is 30.1 Å². The molecule has 0 unspecified atom stereocenters. The molecule has 0 bridgehead atoms. The summed E-state index contributed by atoms with van der Waals surface area (Å²) < 4.78 is 35.5. The molecule has 1 fully saturated rings. The zero-order valence-electron chi connectivity index (χ0n) is 23.4. The van der Waals surface area contributed by atoms with Gasteiger partial charge < -0.3 is 14.9 Å². The fraction of sp³-hybridized carbons (Fsp3) is 0.233.